The maximum Gasteiger partial charge on any atom is 0.253 e. The molecule has 144 valence electrons. The second-order valence-electron chi connectivity index (χ2n) is 7.19. The molecule has 3 heterocycles. The molecule has 0 radical (unpaired) electrons. The fraction of sp³-hybridized carbons (Fsp3) is 0.500. The van der Waals surface area contributed by atoms with Crippen LogP contribution < -0.4 is 4.90 Å². The monoisotopic (exact) mass is 388 g/mol. The second kappa shape index (κ2) is 8.31. The number of anilines is 1. The van der Waals surface area contributed by atoms with Gasteiger partial charge in [-0.2, -0.15) is 5.10 Å². The fourth-order valence-corrected chi connectivity index (χ4v) is 4.14. The largest absolute Gasteiger partial charge is 0.374 e. The highest BCUT2D eigenvalue weighted by Crippen LogP contribution is 2.30. The molecule has 6 nitrogen and oxygen atoms in total. The first-order chi connectivity index (χ1) is 13.2. The third-order valence-electron chi connectivity index (χ3n) is 5.23. The van der Waals surface area contributed by atoms with E-state index >= 15 is 0 Å². The minimum absolute atomic E-state index is 0.0147. The summed E-state index contributed by atoms with van der Waals surface area (Å²) in [6, 6.07) is 7.59. The van der Waals surface area contributed by atoms with E-state index in [1.165, 1.54) is 12.8 Å². The first-order valence-electron chi connectivity index (χ1n) is 9.63. The van der Waals surface area contributed by atoms with Crippen LogP contribution in [0.25, 0.3) is 0 Å². The van der Waals surface area contributed by atoms with Crippen LogP contribution >= 0.6 is 11.6 Å². The van der Waals surface area contributed by atoms with E-state index in [1.807, 2.05) is 40.0 Å². The molecule has 2 aliphatic heterocycles. The van der Waals surface area contributed by atoms with E-state index in [-0.39, 0.29) is 12.0 Å². The average molecular weight is 389 g/mol. The molecule has 1 aromatic carbocycles. The quantitative estimate of drug-likeness (QED) is 0.807. The Balaban J connectivity index is 1.46. The number of amides is 1. The molecule has 0 spiro atoms. The van der Waals surface area contributed by atoms with Gasteiger partial charge in [-0.15, -0.1) is 0 Å². The van der Waals surface area contributed by atoms with Crippen LogP contribution in [-0.2, 0) is 11.3 Å². The van der Waals surface area contributed by atoms with Crippen LogP contribution in [0, 0.1) is 0 Å². The second-order valence-corrected chi connectivity index (χ2v) is 7.59. The van der Waals surface area contributed by atoms with Crippen molar-refractivity contribution in [2.75, 3.05) is 37.7 Å². The summed E-state index contributed by atoms with van der Waals surface area (Å²) in [5.74, 6) is 0.0147. The number of aromatic nitrogens is 2. The molecule has 2 aromatic rings. The minimum Gasteiger partial charge on any atom is -0.374 e. The molecule has 2 saturated heterocycles. The van der Waals surface area contributed by atoms with Crippen molar-refractivity contribution in [3.63, 3.8) is 0 Å². The van der Waals surface area contributed by atoms with E-state index in [0.717, 1.165) is 25.2 Å². The number of hydrogen-bond donors (Lipinski definition) is 0. The van der Waals surface area contributed by atoms with Gasteiger partial charge in [0.1, 0.15) is 0 Å². The van der Waals surface area contributed by atoms with Crippen molar-refractivity contribution in [1.29, 1.82) is 0 Å². The van der Waals surface area contributed by atoms with E-state index in [4.69, 9.17) is 16.3 Å². The van der Waals surface area contributed by atoms with E-state index in [1.54, 1.807) is 6.20 Å². The summed E-state index contributed by atoms with van der Waals surface area (Å²) < 4.78 is 7.76. The number of rotatable bonds is 4. The molecule has 7 heteroatoms. The highest BCUT2D eigenvalue weighted by Gasteiger charge is 2.25. The Labute approximate surface area is 164 Å². The zero-order valence-electron chi connectivity index (χ0n) is 15.4. The lowest BCUT2D eigenvalue weighted by Gasteiger charge is -2.25. The number of carbonyl (C=O) groups excluding carboxylic acids is 1. The molecule has 0 saturated carbocycles. The lowest BCUT2D eigenvalue weighted by molar-refractivity contribution is 0.0367. The van der Waals surface area contributed by atoms with Gasteiger partial charge < -0.3 is 14.5 Å². The zero-order chi connectivity index (χ0) is 18.6. The molecule has 1 unspecified atom stereocenters. The third-order valence-corrected chi connectivity index (χ3v) is 5.53. The Bertz CT molecular complexity index is 774. The maximum absolute atomic E-state index is 13.1. The van der Waals surface area contributed by atoms with E-state index in [0.29, 0.717) is 36.8 Å². The highest BCUT2D eigenvalue weighted by atomic mass is 35.5. The Morgan fingerprint density at radius 2 is 2.07 bits per heavy atom. The number of ether oxygens (including phenoxy) is 1. The average Bonchev–Trinajstić information content (AvgIpc) is 3.33. The van der Waals surface area contributed by atoms with Gasteiger partial charge in [0.25, 0.3) is 5.91 Å². The molecule has 1 amide bonds. The van der Waals surface area contributed by atoms with Gasteiger partial charge in [0.2, 0.25) is 0 Å². The van der Waals surface area contributed by atoms with E-state index in [9.17, 15) is 4.79 Å². The first-order valence-corrected chi connectivity index (χ1v) is 10.0. The lowest BCUT2D eigenvalue weighted by atomic mass is 10.1. The van der Waals surface area contributed by atoms with Gasteiger partial charge in [-0.3, -0.25) is 9.48 Å². The maximum atomic E-state index is 13.1. The Hall–Kier alpha value is -2.05. The number of hydrogen-bond acceptors (Lipinski definition) is 4. The van der Waals surface area contributed by atoms with Crippen molar-refractivity contribution in [3.05, 3.63) is 47.2 Å². The van der Waals surface area contributed by atoms with Crippen molar-refractivity contribution in [1.82, 2.24) is 14.7 Å². The van der Waals surface area contributed by atoms with E-state index in [2.05, 4.69) is 10.00 Å². The molecule has 4 rings (SSSR count). The Morgan fingerprint density at radius 3 is 2.81 bits per heavy atom. The fourth-order valence-electron chi connectivity index (χ4n) is 3.84. The topological polar surface area (TPSA) is 50.6 Å². The number of halogens is 1. The standard InChI is InChI=1S/C20H25ClN4O2/c21-18-13-16(5-6-19(18)23-8-1-2-9-23)20(26)24-10-4-12-27-17(14-24)15-25-11-3-7-22-25/h3,5-7,11,13,17H,1-2,4,8-10,12,14-15H2. The summed E-state index contributed by atoms with van der Waals surface area (Å²) >= 11 is 6.50. The highest BCUT2D eigenvalue weighted by molar-refractivity contribution is 6.33. The summed E-state index contributed by atoms with van der Waals surface area (Å²) in [5.41, 5.74) is 1.67. The third kappa shape index (κ3) is 4.28. The normalized spacial score (nSPS) is 20.7. The molecule has 2 fully saturated rings. The predicted molar refractivity (Wildman–Crippen MR) is 105 cm³/mol. The van der Waals surface area contributed by atoms with Crippen molar-refractivity contribution in [2.24, 2.45) is 0 Å². The Kier molecular flexibility index (Phi) is 5.64. The van der Waals surface area contributed by atoms with Gasteiger partial charge in [-0.1, -0.05) is 11.6 Å². The Morgan fingerprint density at radius 1 is 1.22 bits per heavy atom. The molecule has 27 heavy (non-hydrogen) atoms. The number of benzene rings is 1. The molecule has 0 N–H and O–H groups in total. The van der Waals surface area contributed by atoms with Crippen LogP contribution in [0.5, 0.6) is 0 Å². The van der Waals surface area contributed by atoms with Gasteiger partial charge in [-0.25, -0.2) is 0 Å². The molecule has 1 aromatic heterocycles. The van der Waals surface area contributed by atoms with Crippen LogP contribution in [0.4, 0.5) is 5.69 Å². The summed E-state index contributed by atoms with van der Waals surface area (Å²) in [5, 5.41) is 4.89. The molecule has 0 aliphatic carbocycles. The summed E-state index contributed by atoms with van der Waals surface area (Å²) in [6.07, 6.45) is 6.84. The molecular formula is C20H25ClN4O2. The predicted octanol–water partition coefficient (Wildman–Crippen LogP) is 3.07. The van der Waals surface area contributed by atoms with Crippen molar-refractivity contribution >= 4 is 23.2 Å². The lowest BCUT2D eigenvalue weighted by Crippen LogP contribution is -2.38. The number of nitrogens with zero attached hydrogens (tertiary/aromatic N) is 4. The van der Waals surface area contributed by atoms with Crippen molar-refractivity contribution < 1.29 is 9.53 Å². The van der Waals surface area contributed by atoms with Gasteiger partial charge >= 0.3 is 0 Å². The van der Waals surface area contributed by atoms with Crippen molar-refractivity contribution in [2.45, 2.75) is 31.9 Å². The van der Waals surface area contributed by atoms with Gasteiger partial charge in [-0.05, 0) is 43.5 Å². The van der Waals surface area contributed by atoms with E-state index < -0.39 is 0 Å². The molecule has 1 atom stereocenters. The molecular weight excluding hydrogens is 364 g/mol. The zero-order valence-corrected chi connectivity index (χ0v) is 16.1. The SMILES string of the molecule is O=C(c1ccc(N2CCCC2)c(Cl)c1)N1CCCOC(Cn2cccn2)C1. The summed E-state index contributed by atoms with van der Waals surface area (Å²) in [7, 11) is 0. The van der Waals surface area contributed by atoms with Gasteiger partial charge in [0.05, 0.1) is 23.4 Å². The number of carbonyl (C=O) groups is 1. The van der Waals surface area contributed by atoms with Crippen LogP contribution in [0.1, 0.15) is 29.6 Å². The summed E-state index contributed by atoms with van der Waals surface area (Å²) in [4.78, 5) is 17.2. The van der Waals surface area contributed by atoms with Crippen LogP contribution in [0.2, 0.25) is 5.02 Å². The minimum atomic E-state index is -0.0595. The first kappa shape index (κ1) is 18.3. The smallest absolute Gasteiger partial charge is 0.253 e. The molecule has 0 bridgehead atoms. The van der Waals surface area contributed by atoms with Crippen LogP contribution in [0.15, 0.2) is 36.7 Å². The van der Waals surface area contributed by atoms with Gasteiger partial charge in [0.15, 0.2) is 0 Å². The summed E-state index contributed by atoms with van der Waals surface area (Å²) in [6.45, 7) is 4.62. The van der Waals surface area contributed by atoms with Crippen LogP contribution in [0.3, 0.4) is 0 Å². The molecule has 2 aliphatic rings. The van der Waals surface area contributed by atoms with Crippen molar-refractivity contribution in [3.8, 4) is 0 Å². The van der Waals surface area contributed by atoms with Gasteiger partial charge in [0, 0.05) is 50.7 Å². The van der Waals surface area contributed by atoms with Crippen LogP contribution in [-0.4, -0.2) is 59.5 Å².